The Bertz CT molecular complexity index is 639. The smallest absolute Gasteiger partial charge is 0.262 e. The van der Waals surface area contributed by atoms with Crippen molar-refractivity contribution in [3.63, 3.8) is 0 Å². The van der Waals surface area contributed by atoms with Gasteiger partial charge in [0.25, 0.3) is 5.91 Å². The number of halogens is 1. The largest absolute Gasteiger partial charge is 0.478 e. The normalized spacial score (nSPS) is 10.7. The molecule has 0 saturated carbocycles. The Balaban J connectivity index is 3.15. The monoisotopic (exact) mass is 347 g/mol. The van der Waals surface area contributed by atoms with Crippen LogP contribution in [0.25, 0.3) is 6.08 Å². The molecule has 6 heteroatoms. The lowest BCUT2D eigenvalue weighted by molar-refractivity contribution is -0.117. The highest BCUT2D eigenvalue weighted by molar-refractivity contribution is 9.10. The number of nitrogens with zero attached hydrogens (tertiary/aromatic N) is 2. The van der Waals surface area contributed by atoms with Gasteiger partial charge in [0.15, 0.2) is 6.61 Å². The highest BCUT2D eigenvalue weighted by Gasteiger charge is 2.12. The summed E-state index contributed by atoms with van der Waals surface area (Å²) in [5.74, 6) is -0.0106. The van der Waals surface area contributed by atoms with Crippen molar-refractivity contribution >= 4 is 27.9 Å². The number of rotatable bonds is 5. The van der Waals surface area contributed by atoms with E-state index in [9.17, 15) is 4.79 Å². The van der Waals surface area contributed by atoms with E-state index >= 15 is 0 Å². The van der Waals surface area contributed by atoms with Crippen LogP contribution in [0.3, 0.4) is 0 Å². The molecule has 1 amide bonds. The summed E-state index contributed by atoms with van der Waals surface area (Å²) in [6, 6.07) is 8.82. The average Bonchev–Trinajstić information content (AvgIpc) is 2.42. The van der Waals surface area contributed by atoms with E-state index in [-0.39, 0.29) is 18.2 Å². The van der Waals surface area contributed by atoms with Crippen LogP contribution < -0.4 is 10.1 Å². The molecule has 0 aliphatic carbocycles. The number of carbonyl (C=O) groups is 1. The predicted octanol–water partition coefficient (Wildman–Crippen LogP) is 2.78. The van der Waals surface area contributed by atoms with Crippen molar-refractivity contribution < 1.29 is 9.53 Å². The Morgan fingerprint density at radius 1 is 1.48 bits per heavy atom. The second-order valence-corrected chi connectivity index (χ2v) is 5.34. The van der Waals surface area contributed by atoms with E-state index in [1.807, 2.05) is 26.0 Å². The quantitative estimate of drug-likeness (QED) is 0.655. The standard InChI is InChI=1S/C15H14BrN3O2/c1-10(2)19-15(20)12(9-18)7-11-8-13(16)3-4-14(11)21-6-5-17/h3-4,7-8,10H,6H2,1-2H3,(H,19,20)/b12-7-. The van der Waals surface area contributed by atoms with Gasteiger partial charge in [-0.15, -0.1) is 0 Å². The van der Waals surface area contributed by atoms with Crippen molar-refractivity contribution in [1.82, 2.24) is 5.32 Å². The fourth-order valence-corrected chi connectivity index (χ4v) is 1.90. The molecule has 0 atom stereocenters. The van der Waals surface area contributed by atoms with Gasteiger partial charge in [0, 0.05) is 16.1 Å². The number of ether oxygens (including phenoxy) is 1. The summed E-state index contributed by atoms with van der Waals surface area (Å²) >= 11 is 3.32. The van der Waals surface area contributed by atoms with Crippen LogP contribution in [0, 0.1) is 22.7 Å². The Labute approximate surface area is 132 Å². The molecule has 21 heavy (non-hydrogen) atoms. The van der Waals surface area contributed by atoms with E-state index < -0.39 is 5.91 Å². The van der Waals surface area contributed by atoms with Gasteiger partial charge in [-0.3, -0.25) is 4.79 Å². The molecule has 0 fully saturated rings. The summed E-state index contributed by atoms with van der Waals surface area (Å²) in [4.78, 5) is 11.9. The third kappa shape index (κ3) is 5.29. The molecule has 0 heterocycles. The maximum absolute atomic E-state index is 11.9. The molecule has 108 valence electrons. The number of benzene rings is 1. The lowest BCUT2D eigenvalue weighted by atomic mass is 10.1. The maximum atomic E-state index is 11.9. The highest BCUT2D eigenvalue weighted by Crippen LogP contribution is 2.25. The van der Waals surface area contributed by atoms with Gasteiger partial charge in [-0.1, -0.05) is 15.9 Å². The molecule has 0 aliphatic heterocycles. The van der Waals surface area contributed by atoms with Crippen molar-refractivity contribution in [1.29, 1.82) is 10.5 Å². The van der Waals surface area contributed by atoms with Crippen LogP contribution in [0.4, 0.5) is 0 Å². The van der Waals surface area contributed by atoms with Gasteiger partial charge in [0.05, 0.1) is 0 Å². The molecule has 1 aromatic carbocycles. The summed E-state index contributed by atoms with van der Waals surface area (Å²) in [6.45, 7) is 3.52. The van der Waals surface area contributed by atoms with Gasteiger partial charge in [0.2, 0.25) is 0 Å². The third-order valence-corrected chi connectivity index (χ3v) is 2.84. The van der Waals surface area contributed by atoms with E-state index in [0.29, 0.717) is 11.3 Å². The zero-order chi connectivity index (χ0) is 15.8. The lowest BCUT2D eigenvalue weighted by Gasteiger charge is -2.09. The number of carbonyl (C=O) groups excluding carboxylic acids is 1. The number of hydrogen-bond acceptors (Lipinski definition) is 4. The lowest BCUT2D eigenvalue weighted by Crippen LogP contribution is -2.30. The Morgan fingerprint density at radius 3 is 2.76 bits per heavy atom. The molecular weight excluding hydrogens is 334 g/mol. The molecule has 1 aromatic rings. The van der Waals surface area contributed by atoms with E-state index in [1.54, 1.807) is 18.2 Å². The van der Waals surface area contributed by atoms with Crippen LogP contribution in [0.1, 0.15) is 19.4 Å². The molecule has 0 aromatic heterocycles. The topological polar surface area (TPSA) is 85.9 Å². The molecule has 0 bridgehead atoms. The number of amides is 1. The minimum atomic E-state index is -0.446. The zero-order valence-corrected chi connectivity index (χ0v) is 13.3. The SMILES string of the molecule is CC(C)NC(=O)/C(C#N)=C\c1cc(Br)ccc1OCC#N. The van der Waals surface area contributed by atoms with Crippen molar-refractivity contribution in [2.75, 3.05) is 6.61 Å². The molecule has 5 nitrogen and oxygen atoms in total. The molecule has 0 aliphatic rings. The van der Waals surface area contributed by atoms with Gasteiger partial charge in [-0.2, -0.15) is 10.5 Å². The van der Waals surface area contributed by atoms with Crippen LogP contribution >= 0.6 is 15.9 Å². The van der Waals surface area contributed by atoms with Crippen molar-refractivity contribution in [3.05, 3.63) is 33.8 Å². The summed E-state index contributed by atoms with van der Waals surface area (Å²) < 4.78 is 6.06. The van der Waals surface area contributed by atoms with Gasteiger partial charge >= 0.3 is 0 Å². The first-order valence-electron chi connectivity index (χ1n) is 6.20. The van der Waals surface area contributed by atoms with Crippen LogP contribution in [-0.4, -0.2) is 18.6 Å². The van der Waals surface area contributed by atoms with Gasteiger partial charge < -0.3 is 10.1 Å². The zero-order valence-electron chi connectivity index (χ0n) is 11.7. The van der Waals surface area contributed by atoms with Gasteiger partial charge in [-0.05, 0) is 38.1 Å². The maximum Gasteiger partial charge on any atom is 0.262 e. The molecule has 0 radical (unpaired) electrons. The molecule has 0 saturated heterocycles. The van der Waals surface area contributed by atoms with Crippen molar-refractivity contribution in [2.45, 2.75) is 19.9 Å². The molecule has 0 unspecified atom stereocenters. The fraction of sp³-hybridized carbons (Fsp3) is 0.267. The molecule has 0 spiro atoms. The summed E-state index contributed by atoms with van der Waals surface area (Å²) in [7, 11) is 0. The van der Waals surface area contributed by atoms with E-state index in [2.05, 4.69) is 21.2 Å². The molecule has 1 rings (SSSR count). The van der Waals surface area contributed by atoms with Crippen molar-refractivity contribution in [2.24, 2.45) is 0 Å². The van der Waals surface area contributed by atoms with Crippen molar-refractivity contribution in [3.8, 4) is 17.9 Å². The Hall–Kier alpha value is -2.31. The van der Waals surface area contributed by atoms with Crippen LogP contribution in [-0.2, 0) is 4.79 Å². The second-order valence-electron chi connectivity index (χ2n) is 4.43. The molecule has 1 N–H and O–H groups in total. The van der Waals surface area contributed by atoms with Crippen LogP contribution in [0.2, 0.25) is 0 Å². The van der Waals surface area contributed by atoms with Gasteiger partial charge in [-0.25, -0.2) is 0 Å². The summed E-state index contributed by atoms with van der Waals surface area (Å²) in [5, 5.41) is 20.4. The highest BCUT2D eigenvalue weighted by atomic mass is 79.9. The van der Waals surface area contributed by atoms with E-state index in [0.717, 1.165) is 4.47 Å². The third-order valence-electron chi connectivity index (χ3n) is 2.35. The summed E-state index contributed by atoms with van der Waals surface area (Å²) in [5.41, 5.74) is 0.527. The van der Waals surface area contributed by atoms with Gasteiger partial charge in [0.1, 0.15) is 23.5 Å². The Morgan fingerprint density at radius 2 is 2.19 bits per heavy atom. The number of hydrogen-bond donors (Lipinski definition) is 1. The van der Waals surface area contributed by atoms with Crippen LogP contribution in [0.5, 0.6) is 5.75 Å². The minimum absolute atomic E-state index is 0.0244. The van der Waals surface area contributed by atoms with E-state index in [4.69, 9.17) is 15.3 Å². The second kappa shape index (κ2) is 8.08. The van der Waals surface area contributed by atoms with Crippen LogP contribution in [0.15, 0.2) is 28.2 Å². The van der Waals surface area contributed by atoms with E-state index in [1.165, 1.54) is 6.08 Å². The number of nitriles is 2. The fourth-order valence-electron chi connectivity index (χ4n) is 1.52. The Kier molecular flexibility index (Phi) is 6.45. The summed E-state index contributed by atoms with van der Waals surface area (Å²) in [6.07, 6.45) is 1.44. The first-order valence-corrected chi connectivity index (χ1v) is 6.99. The minimum Gasteiger partial charge on any atom is -0.478 e. The average molecular weight is 348 g/mol. The predicted molar refractivity (Wildman–Crippen MR) is 82.1 cm³/mol. The number of nitrogens with one attached hydrogen (secondary N) is 1. The molecular formula is C15H14BrN3O2. The first-order chi connectivity index (χ1) is 9.97. The first kappa shape index (κ1) is 16.7.